The van der Waals surface area contributed by atoms with E-state index in [0.29, 0.717) is 6.02 Å². The first kappa shape index (κ1) is 9.10. The van der Waals surface area contributed by atoms with Gasteiger partial charge in [0.25, 0.3) is 0 Å². The average molecular weight is 213 g/mol. The Bertz CT molecular complexity index is 142. The molecule has 0 aromatic rings. The molecule has 0 fully saturated rings. The summed E-state index contributed by atoms with van der Waals surface area (Å²) in [5.74, 6) is 0. The van der Waals surface area contributed by atoms with Gasteiger partial charge in [0, 0.05) is 0 Å². The first-order valence-electron chi connectivity index (χ1n) is 2.23. The summed E-state index contributed by atoms with van der Waals surface area (Å²) >= 11 is 2.88. The highest BCUT2D eigenvalue weighted by atomic mass is 79.9. The summed E-state index contributed by atoms with van der Waals surface area (Å²) in [7, 11) is 1.53. The highest BCUT2D eigenvalue weighted by Crippen LogP contribution is 1.90. The smallest absolute Gasteiger partial charge is 0.329 e. The highest BCUT2D eigenvalue weighted by Gasteiger charge is 1.89. The molecule has 0 radical (unpaired) electrons. The zero-order valence-electron chi connectivity index (χ0n) is 5.59. The van der Waals surface area contributed by atoms with Crippen molar-refractivity contribution in [1.29, 1.82) is 0 Å². The number of ether oxygens (including phenoxy) is 1. The fourth-order valence-corrected chi connectivity index (χ4v) is 1.00. The molecule has 0 aromatic carbocycles. The maximum atomic E-state index is 4.75. The third kappa shape index (κ3) is 4.59. The fraction of sp³-hybridized carbons (Fsp3) is 0.750. The molecule has 0 unspecified atom stereocenters. The molecule has 0 aliphatic rings. The number of hydrogen-bond acceptors (Lipinski definition) is 2. The Hall–Kier alpha value is 0.1000. The number of methoxy groups -OCH3 is 1. The van der Waals surface area contributed by atoms with Crippen molar-refractivity contribution in [3.8, 4) is 0 Å². The highest BCUT2D eigenvalue weighted by molar-refractivity contribution is 9.08. The summed E-state index contributed by atoms with van der Waals surface area (Å²) in [4.78, 5) is 0. The minimum Gasteiger partial charge on any atom is -0.466 e. The van der Waals surface area contributed by atoms with Gasteiger partial charge >= 0.3 is 6.02 Å². The molecule has 0 saturated carbocycles. The summed E-state index contributed by atoms with van der Waals surface area (Å²) in [5.41, 5.74) is 0. The summed E-state index contributed by atoms with van der Waals surface area (Å²) in [6.45, 7) is 0. The number of amidine groups is 1. The first-order chi connectivity index (χ1) is 4.20. The van der Waals surface area contributed by atoms with Gasteiger partial charge in [-0.25, -0.2) is 0 Å². The molecule has 9 heavy (non-hydrogen) atoms. The van der Waals surface area contributed by atoms with Crippen molar-refractivity contribution in [3.05, 3.63) is 0 Å². The van der Waals surface area contributed by atoms with Crippen molar-refractivity contribution in [2.45, 2.75) is 0 Å². The molecule has 0 atom stereocenters. The Balaban J connectivity index is 4.01. The average Bonchev–Trinajstić information content (AvgIpc) is 1.82. The van der Waals surface area contributed by atoms with E-state index in [1.54, 1.807) is 0 Å². The van der Waals surface area contributed by atoms with Gasteiger partial charge in [-0.1, -0.05) is 10.7 Å². The molecule has 5 heteroatoms. The molecule has 3 nitrogen and oxygen atoms in total. The van der Waals surface area contributed by atoms with E-state index in [0.717, 1.165) is 0 Å². The van der Waals surface area contributed by atoms with Gasteiger partial charge < -0.3 is 4.74 Å². The van der Waals surface area contributed by atoms with E-state index in [4.69, 9.17) is 4.74 Å². The van der Waals surface area contributed by atoms with E-state index in [1.165, 1.54) is 7.11 Å². The fourth-order valence-electron chi connectivity index (χ4n) is 0.243. The Labute approximate surface area is 65.9 Å². The number of nitrogens with zero attached hydrogens (tertiary/aromatic N) is 2. The van der Waals surface area contributed by atoms with Crippen LogP contribution in [0.1, 0.15) is 0 Å². The predicted octanol–water partition coefficient (Wildman–Crippen LogP) is 1.36. The van der Waals surface area contributed by atoms with Crippen LogP contribution in [0.15, 0.2) is 8.38 Å². The van der Waals surface area contributed by atoms with Gasteiger partial charge in [-0.2, -0.15) is 8.38 Å². The van der Waals surface area contributed by atoms with Crippen molar-refractivity contribution in [2.24, 2.45) is 8.38 Å². The number of hydrogen-bond donors (Lipinski definition) is 0. The van der Waals surface area contributed by atoms with Gasteiger partial charge in [-0.3, -0.25) is 0 Å². The minimum absolute atomic E-state index is 0.00619. The minimum atomic E-state index is -0.00619. The molecule has 54 valence electrons. The van der Waals surface area contributed by atoms with Crippen LogP contribution in [0.25, 0.3) is 0 Å². The Morgan fingerprint density at radius 2 is 2.11 bits per heavy atom. The maximum absolute atomic E-state index is 4.75. The quantitative estimate of drug-likeness (QED) is 0.442. The number of halogens is 1. The van der Waals surface area contributed by atoms with Crippen LogP contribution >= 0.6 is 16.1 Å². The van der Waals surface area contributed by atoms with Gasteiger partial charge in [0.2, 0.25) is 0 Å². The van der Waals surface area contributed by atoms with Gasteiger partial charge in [0.05, 0.1) is 23.3 Å². The van der Waals surface area contributed by atoms with Crippen LogP contribution in [0.2, 0.25) is 0 Å². The topological polar surface area (TPSA) is 34.0 Å². The summed E-state index contributed by atoms with van der Waals surface area (Å²) in [6.07, 6.45) is 3.97. The van der Waals surface area contributed by atoms with E-state index in [9.17, 15) is 0 Å². The third-order valence-electron chi connectivity index (χ3n) is 0.516. The second kappa shape index (κ2) is 4.93. The lowest BCUT2D eigenvalue weighted by molar-refractivity contribution is 0.400. The van der Waals surface area contributed by atoms with Gasteiger partial charge in [0.15, 0.2) is 0 Å². The summed E-state index contributed by atoms with van der Waals surface area (Å²) in [6, 6.07) is 0.392. The molecule has 0 rings (SSSR count). The Morgan fingerprint density at radius 3 is 2.22 bits per heavy atom. The normalized spacial score (nSPS) is 11.9. The van der Waals surface area contributed by atoms with Crippen molar-refractivity contribution in [1.82, 2.24) is 0 Å². The standard InChI is InChI=1S/C4H9BrN2OS/c1-8-4(6-5)7-9(2)3/h1-3H3. The van der Waals surface area contributed by atoms with Crippen molar-refractivity contribution in [2.75, 3.05) is 19.6 Å². The van der Waals surface area contributed by atoms with Crippen LogP contribution in [0.5, 0.6) is 0 Å². The van der Waals surface area contributed by atoms with E-state index < -0.39 is 0 Å². The van der Waals surface area contributed by atoms with Crippen LogP contribution < -0.4 is 0 Å². The van der Waals surface area contributed by atoms with Crippen LogP contribution in [-0.4, -0.2) is 25.6 Å². The molecule has 0 saturated heterocycles. The van der Waals surface area contributed by atoms with E-state index in [-0.39, 0.29) is 10.7 Å². The summed E-state index contributed by atoms with van der Waals surface area (Å²) in [5, 5.41) is 0. The molecular formula is C4H9BrN2OS. The molecule has 0 aromatic heterocycles. The Morgan fingerprint density at radius 1 is 1.56 bits per heavy atom. The molecule has 0 spiro atoms. The summed E-state index contributed by atoms with van der Waals surface area (Å²) < 4.78 is 12.4. The molecular weight excluding hydrogens is 204 g/mol. The van der Waals surface area contributed by atoms with E-state index in [1.807, 2.05) is 12.5 Å². The largest absolute Gasteiger partial charge is 0.466 e. The third-order valence-corrected chi connectivity index (χ3v) is 1.34. The second-order valence-corrected chi connectivity index (χ2v) is 3.52. The van der Waals surface area contributed by atoms with Gasteiger partial charge in [-0.05, 0) is 12.5 Å². The molecule has 0 N–H and O–H groups in total. The lowest BCUT2D eigenvalue weighted by Gasteiger charge is -1.94. The lowest BCUT2D eigenvalue weighted by Crippen LogP contribution is -1.96. The SMILES string of the molecule is COC(=NBr)N=S(C)C. The van der Waals surface area contributed by atoms with Gasteiger partial charge in [-0.15, -0.1) is 0 Å². The predicted molar refractivity (Wildman–Crippen MR) is 45.0 cm³/mol. The lowest BCUT2D eigenvalue weighted by atomic mass is 11.2. The second-order valence-electron chi connectivity index (χ2n) is 1.44. The van der Waals surface area contributed by atoms with E-state index in [2.05, 4.69) is 24.5 Å². The first-order valence-corrected chi connectivity index (χ1v) is 4.94. The van der Waals surface area contributed by atoms with Crippen LogP contribution in [0.4, 0.5) is 0 Å². The van der Waals surface area contributed by atoms with Crippen molar-refractivity contribution < 1.29 is 4.74 Å². The molecule has 0 heterocycles. The van der Waals surface area contributed by atoms with Crippen LogP contribution in [-0.2, 0) is 15.4 Å². The monoisotopic (exact) mass is 212 g/mol. The molecule has 0 aliphatic carbocycles. The van der Waals surface area contributed by atoms with Crippen molar-refractivity contribution >= 4 is 32.9 Å². The maximum Gasteiger partial charge on any atom is 0.329 e. The molecule has 0 amide bonds. The van der Waals surface area contributed by atoms with Crippen LogP contribution in [0, 0.1) is 0 Å². The van der Waals surface area contributed by atoms with E-state index >= 15 is 0 Å². The molecule has 0 aliphatic heterocycles. The van der Waals surface area contributed by atoms with Crippen LogP contribution in [0.3, 0.4) is 0 Å². The number of rotatable bonds is 0. The Kier molecular flexibility index (Phi) is 4.99. The zero-order chi connectivity index (χ0) is 7.28. The zero-order valence-corrected chi connectivity index (χ0v) is 7.99. The molecule has 0 bridgehead atoms. The van der Waals surface area contributed by atoms with Crippen molar-refractivity contribution in [3.63, 3.8) is 0 Å². The van der Waals surface area contributed by atoms with Gasteiger partial charge in [0.1, 0.15) is 0 Å².